The molecular weight excluding hydrogens is 329 g/mol. The second-order valence-corrected chi connectivity index (χ2v) is 6.97. The molecule has 0 bridgehead atoms. The van der Waals surface area contributed by atoms with Crippen molar-refractivity contribution < 1.29 is 22.8 Å². The molecule has 2 amide bonds. The molecule has 0 unspecified atom stereocenters. The molecule has 0 saturated carbocycles. The quantitative estimate of drug-likeness (QED) is 0.844. The Morgan fingerprint density at radius 3 is 2.83 bits per heavy atom. The topological polar surface area (TPSA) is 40.6 Å². The molecule has 23 heavy (non-hydrogen) atoms. The summed E-state index contributed by atoms with van der Waals surface area (Å²) in [7, 11) is 0. The number of nitrogens with zero attached hydrogens (tertiary/aromatic N) is 2. The zero-order valence-electron chi connectivity index (χ0n) is 12.4. The third-order valence-corrected chi connectivity index (χ3v) is 5.31. The van der Waals surface area contributed by atoms with E-state index in [0.717, 1.165) is 22.6 Å². The predicted octanol–water partition coefficient (Wildman–Crippen LogP) is 2.82. The zero-order chi connectivity index (χ0) is 16.6. The fourth-order valence-corrected chi connectivity index (χ4v) is 4.22. The van der Waals surface area contributed by atoms with Gasteiger partial charge >= 0.3 is 6.18 Å². The van der Waals surface area contributed by atoms with Gasteiger partial charge in [-0.25, -0.2) is 0 Å². The molecule has 2 saturated heterocycles. The van der Waals surface area contributed by atoms with E-state index in [1.807, 2.05) is 17.5 Å². The van der Waals surface area contributed by atoms with E-state index in [1.54, 1.807) is 16.2 Å². The Labute approximate surface area is 135 Å². The fraction of sp³-hybridized carbons (Fsp3) is 0.600. The Bertz CT molecular complexity index is 588. The lowest BCUT2D eigenvalue weighted by atomic mass is 10.1. The van der Waals surface area contributed by atoms with Gasteiger partial charge in [0.05, 0.1) is 12.0 Å². The average molecular weight is 346 g/mol. The maximum Gasteiger partial charge on any atom is 0.406 e. The van der Waals surface area contributed by atoms with Crippen molar-refractivity contribution in [3.63, 3.8) is 0 Å². The highest BCUT2D eigenvalue weighted by Crippen LogP contribution is 2.36. The monoisotopic (exact) mass is 346 g/mol. The second kappa shape index (κ2) is 6.14. The molecule has 0 N–H and O–H groups in total. The van der Waals surface area contributed by atoms with E-state index in [2.05, 4.69) is 0 Å². The molecule has 0 aliphatic carbocycles. The van der Waals surface area contributed by atoms with Gasteiger partial charge < -0.3 is 9.80 Å². The molecular formula is C15H17F3N2O2S. The highest BCUT2D eigenvalue weighted by Gasteiger charge is 2.43. The Hall–Kier alpha value is -1.57. The van der Waals surface area contributed by atoms with E-state index < -0.39 is 24.5 Å². The van der Waals surface area contributed by atoms with E-state index in [-0.39, 0.29) is 24.9 Å². The van der Waals surface area contributed by atoms with E-state index in [9.17, 15) is 22.8 Å². The Morgan fingerprint density at radius 2 is 2.17 bits per heavy atom. The third kappa shape index (κ3) is 3.52. The van der Waals surface area contributed by atoms with Gasteiger partial charge in [-0.15, -0.1) is 11.3 Å². The molecule has 2 aliphatic heterocycles. The summed E-state index contributed by atoms with van der Waals surface area (Å²) in [5, 5.41) is 1.94. The lowest BCUT2D eigenvalue weighted by Gasteiger charge is -2.26. The number of rotatable bonds is 3. The minimum absolute atomic E-state index is 0.00531. The van der Waals surface area contributed by atoms with Crippen molar-refractivity contribution in [2.75, 3.05) is 19.6 Å². The first kappa shape index (κ1) is 16.3. The number of carbonyl (C=O) groups excluding carboxylic acids is 2. The van der Waals surface area contributed by atoms with Crippen LogP contribution in [0.25, 0.3) is 0 Å². The molecule has 3 rings (SSSR count). The van der Waals surface area contributed by atoms with E-state index in [0.29, 0.717) is 6.54 Å². The van der Waals surface area contributed by atoms with Crippen LogP contribution in [0.2, 0.25) is 0 Å². The minimum atomic E-state index is -4.43. The van der Waals surface area contributed by atoms with Crippen molar-refractivity contribution in [3.8, 4) is 0 Å². The van der Waals surface area contributed by atoms with Crippen molar-refractivity contribution >= 4 is 23.2 Å². The molecule has 4 nitrogen and oxygen atoms in total. The van der Waals surface area contributed by atoms with E-state index in [4.69, 9.17) is 0 Å². The Balaban J connectivity index is 1.68. The molecule has 2 atom stereocenters. The lowest BCUT2D eigenvalue weighted by molar-refractivity contribution is -0.157. The number of alkyl halides is 3. The van der Waals surface area contributed by atoms with Gasteiger partial charge in [0.15, 0.2) is 0 Å². The summed E-state index contributed by atoms with van der Waals surface area (Å²) in [5.74, 6) is -1.45. The summed E-state index contributed by atoms with van der Waals surface area (Å²) in [6.07, 6.45) is -2.82. The molecule has 1 aromatic heterocycles. The normalized spacial score (nSPS) is 25.4. The zero-order valence-corrected chi connectivity index (χ0v) is 13.2. The van der Waals surface area contributed by atoms with Crippen LogP contribution in [0.3, 0.4) is 0 Å². The maximum absolute atomic E-state index is 12.7. The summed E-state index contributed by atoms with van der Waals surface area (Å²) in [5.41, 5.74) is 0. The molecule has 3 heterocycles. The Kier molecular flexibility index (Phi) is 4.35. The number of thiophene rings is 1. The largest absolute Gasteiger partial charge is 0.406 e. The number of carbonyl (C=O) groups is 2. The smallest absolute Gasteiger partial charge is 0.335 e. The fourth-order valence-electron chi connectivity index (χ4n) is 3.35. The standard InChI is InChI=1S/C15H17F3N2O2S/c16-15(17,18)9-19-8-10(7-13(19)21)14(22)20-5-1-3-11(20)12-4-2-6-23-12/h2,4,6,10-11H,1,3,5,7-9H2/t10-,11-/m0/s1. The summed E-state index contributed by atoms with van der Waals surface area (Å²) >= 11 is 1.57. The van der Waals surface area contributed by atoms with Crippen LogP contribution in [0.4, 0.5) is 13.2 Å². The molecule has 0 aromatic carbocycles. The second-order valence-electron chi connectivity index (χ2n) is 6.00. The summed E-state index contributed by atoms with van der Waals surface area (Å²) in [6, 6.07) is 3.89. The first-order valence-electron chi connectivity index (χ1n) is 7.53. The summed E-state index contributed by atoms with van der Waals surface area (Å²) < 4.78 is 37.4. The lowest BCUT2D eigenvalue weighted by Crippen LogP contribution is -2.38. The van der Waals surface area contributed by atoms with Gasteiger partial charge in [-0.3, -0.25) is 9.59 Å². The van der Waals surface area contributed by atoms with Crippen molar-refractivity contribution in [2.24, 2.45) is 5.92 Å². The highest BCUT2D eigenvalue weighted by atomic mass is 32.1. The third-order valence-electron chi connectivity index (χ3n) is 4.34. The molecule has 1 aromatic rings. The number of hydrogen-bond acceptors (Lipinski definition) is 3. The van der Waals surface area contributed by atoms with Crippen LogP contribution in [-0.2, 0) is 9.59 Å². The SMILES string of the molecule is O=C1C[C@H](C(=O)N2CCC[C@H]2c2cccs2)CN1CC(F)(F)F. The van der Waals surface area contributed by atoms with E-state index >= 15 is 0 Å². The van der Waals surface area contributed by atoms with Crippen LogP contribution < -0.4 is 0 Å². The van der Waals surface area contributed by atoms with Gasteiger partial charge in [0.25, 0.3) is 0 Å². The molecule has 2 fully saturated rings. The Morgan fingerprint density at radius 1 is 1.39 bits per heavy atom. The van der Waals surface area contributed by atoms with Crippen molar-refractivity contribution in [1.29, 1.82) is 0 Å². The van der Waals surface area contributed by atoms with Gasteiger partial charge in [-0.1, -0.05) is 6.07 Å². The average Bonchev–Trinajstić information content (AvgIpc) is 3.16. The van der Waals surface area contributed by atoms with Gasteiger partial charge in [-0.2, -0.15) is 13.2 Å². The number of likely N-dealkylation sites (tertiary alicyclic amines) is 2. The van der Waals surface area contributed by atoms with Crippen LogP contribution in [0.1, 0.15) is 30.2 Å². The number of halogens is 3. The van der Waals surface area contributed by atoms with Crippen molar-refractivity contribution in [3.05, 3.63) is 22.4 Å². The first-order valence-corrected chi connectivity index (χ1v) is 8.41. The van der Waals surface area contributed by atoms with Crippen LogP contribution >= 0.6 is 11.3 Å². The van der Waals surface area contributed by atoms with Crippen LogP contribution in [0.15, 0.2) is 17.5 Å². The van der Waals surface area contributed by atoms with Crippen molar-refractivity contribution in [1.82, 2.24) is 9.80 Å². The van der Waals surface area contributed by atoms with Crippen molar-refractivity contribution in [2.45, 2.75) is 31.5 Å². The van der Waals surface area contributed by atoms with Gasteiger partial charge in [-0.05, 0) is 24.3 Å². The molecule has 8 heteroatoms. The first-order chi connectivity index (χ1) is 10.8. The van der Waals surface area contributed by atoms with Crippen LogP contribution in [0.5, 0.6) is 0 Å². The van der Waals surface area contributed by atoms with Gasteiger partial charge in [0, 0.05) is 24.4 Å². The maximum atomic E-state index is 12.7. The molecule has 2 aliphatic rings. The summed E-state index contributed by atoms with van der Waals surface area (Å²) in [4.78, 5) is 28.0. The van der Waals surface area contributed by atoms with E-state index in [1.165, 1.54) is 0 Å². The summed E-state index contributed by atoms with van der Waals surface area (Å²) in [6.45, 7) is -0.805. The number of hydrogen-bond donors (Lipinski definition) is 0. The van der Waals surface area contributed by atoms with Gasteiger partial charge in [0.2, 0.25) is 11.8 Å². The molecule has 0 spiro atoms. The minimum Gasteiger partial charge on any atom is -0.335 e. The highest BCUT2D eigenvalue weighted by molar-refractivity contribution is 7.10. The van der Waals surface area contributed by atoms with Crippen LogP contribution in [0, 0.1) is 5.92 Å². The molecule has 0 radical (unpaired) electrons. The predicted molar refractivity (Wildman–Crippen MR) is 78.7 cm³/mol. The van der Waals surface area contributed by atoms with Gasteiger partial charge in [0.1, 0.15) is 6.54 Å². The molecule has 126 valence electrons. The van der Waals surface area contributed by atoms with Crippen LogP contribution in [-0.4, -0.2) is 47.4 Å². The number of amides is 2.